The first-order valence-electron chi connectivity index (χ1n) is 5.36. The molecule has 0 aliphatic rings. The van der Waals surface area contributed by atoms with Crippen molar-refractivity contribution in [3.63, 3.8) is 0 Å². The Hall–Kier alpha value is -2.37. The molecule has 18 heavy (non-hydrogen) atoms. The van der Waals surface area contributed by atoms with Crippen molar-refractivity contribution in [2.45, 2.75) is 19.8 Å². The number of anilines is 2. The molecule has 0 aliphatic carbocycles. The van der Waals surface area contributed by atoms with Crippen LogP contribution in [0.4, 0.5) is 11.4 Å². The molecule has 96 valence electrons. The maximum atomic E-state index is 11.4. The molecular weight excluding hydrogens is 236 g/mol. The number of rotatable bonds is 5. The smallest absolute Gasteiger partial charge is 0.303 e. The van der Waals surface area contributed by atoms with Gasteiger partial charge in [0.1, 0.15) is 0 Å². The van der Waals surface area contributed by atoms with Gasteiger partial charge >= 0.3 is 5.97 Å². The maximum absolute atomic E-state index is 11.4. The molecule has 0 saturated carbocycles. The van der Waals surface area contributed by atoms with Crippen molar-refractivity contribution in [2.24, 2.45) is 0 Å². The van der Waals surface area contributed by atoms with Crippen molar-refractivity contribution in [1.82, 2.24) is 0 Å². The van der Waals surface area contributed by atoms with Crippen molar-refractivity contribution >= 4 is 29.2 Å². The van der Waals surface area contributed by atoms with Crippen molar-refractivity contribution < 1.29 is 19.5 Å². The Morgan fingerprint density at radius 3 is 2.28 bits per heavy atom. The molecule has 1 aromatic carbocycles. The summed E-state index contributed by atoms with van der Waals surface area (Å²) in [6, 6.07) is 6.62. The summed E-state index contributed by atoms with van der Waals surface area (Å²) in [5.74, 6) is -1.60. The largest absolute Gasteiger partial charge is 0.481 e. The van der Waals surface area contributed by atoms with Gasteiger partial charge in [-0.05, 0) is 18.2 Å². The molecule has 0 aliphatic heterocycles. The third-order valence-electron chi connectivity index (χ3n) is 2.03. The number of carbonyl (C=O) groups excluding carboxylic acids is 2. The summed E-state index contributed by atoms with van der Waals surface area (Å²) in [6.45, 7) is 1.39. The van der Waals surface area contributed by atoms with Crippen molar-refractivity contribution in [1.29, 1.82) is 0 Å². The average Bonchev–Trinajstić information content (AvgIpc) is 2.26. The first-order chi connectivity index (χ1) is 8.47. The van der Waals surface area contributed by atoms with Gasteiger partial charge in [-0.3, -0.25) is 14.4 Å². The predicted octanol–water partition coefficient (Wildman–Crippen LogP) is 1.45. The Balaban J connectivity index is 2.58. The van der Waals surface area contributed by atoms with Crippen LogP contribution >= 0.6 is 0 Å². The van der Waals surface area contributed by atoms with Crippen LogP contribution in [0.15, 0.2) is 24.3 Å². The Labute approximate surface area is 104 Å². The molecule has 0 bridgehead atoms. The van der Waals surface area contributed by atoms with Crippen molar-refractivity contribution in [2.75, 3.05) is 10.6 Å². The first-order valence-corrected chi connectivity index (χ1v) is 5.36. The van der Waals surface area contributed by atoms with E-state index in [1.165, 1.54) is 6.92 Å². The fourth-order valence-electron chi connectivity index (χ4n) is 1.32. The molecule has 6 nitrogen and oxygen atoms in total. The molecule has 3 N–H and O–H groups in total. The number of aliphatic carboxylic acids is 1. The Morgan fingerprint density at radius 2 is 1.72 bits per heavy atom. The van der Waals surface area contributed by atoms with Crippen LogP contribution in [0.3, 0.4) is 0 Å². The lowest BCUT2D eigenvalue weighted by molar-refractivity contribution is -0.138. The van der Waals surface area contributed by atoms with Crippen LogP contribution in [0.1, 0.15) is 19.8 Å². The second-order valence-electron chi connectivity index (χ2n) is 3.70. The summed E-state index contributed by atoms with van der Waals surface area (Å²) in [7, 11) is 0. The zero-order valence-electron chi connectivity index (χ0n) is 9.90. The van der Waals surface area contributed by atoms with E-state index in [-0.39, 0.29) is 24.7 Å². The lowest BCUT2D eigenvalue weighted by Crippen LogP contribution is -2.13. The van der Waals surface area contributed by atoms with Gasteiger partial charge in [0.25, 0.3) is 0 Å². The molecular formula is C12H14N2O4. The molecule has 0 fully saturated rings. The fourth-order valence-corrected chi connectivity index (χ4v) is 1.32. The molecule has 0 radical (unpaired) electrons. The average molecular weight is 250 g/mol. The number of carbonyl (C=O) groups is 3. The highest BCUT2D eigenvalue weighted by atomic mass is 16.4. The van der Waals surface area contributed by atoms with Crippen LogP contribution in [0.2, 0.25) is 0 Å². The lowest BCUT2D eigenvalue weighted by Gasteiger charge is -2.07. The van der Waals surface area contributed by atoms with Crippen LogP contribution in [-0.4, -0.2) is 22.9 Å². The van der Waals surface area contributed by atoms with E-state index in [2.05, 4.69) is 10.6 Å². The van der Waals surface area contributed by atoms with Crippen LogP contribution in [0.25, 0.3) is 0 Å². The number of nitrogens with one attached hydrogen (secondary N) is 2. The van der Waals surface area contributed by atoms with Gasteiger partial charge in [-0.25, -0.2) is 0 Å². The summed E-state index contributed by atoms with van der Waals surface area (Å²) in [5, 5.41) is 13.6. The number of hydrogen-bond donors (Lipinski definition) is 3. The minimum Gasteiger partial charge on any atom is -0.481 e. The van der Waals surface area contributed by atoms with Crippen LogP contribution in [0, 0.1) is 0 Å². The monoisotopic (exact) mass is 250 g/mol. The third-order valence-corrected chi connectivity index (χ3v) is 2.03. The summed E-state index contributed by atoms with van der Waals surface area (Å²) in [4.78, 5) is 32.6. The maximum Gasteiger partial charge on any atom is 0.303 e. The Morgan fingerprint density at radius 1 is 1.11 bits per heavy atom. The molecule has 1 rings (SSSR count). The summed E-state index contributed by atoms with van der Waals surface area (Å²) < 4.78 is 0. The summed E-state index contributed by atoms with van der Waals surface area (Å²) in [5.41, 5.74) is 1.08. The number of carboxylic acids is 1. The van der Waals surface area contributed by atoms with Gasteiger partial charge in [0, 0.05) is 24.7 Å². The molecule has 1 aromatic rings. The van der Waals surface area contributed by atoms with Gasteiger partial charge in [0.05, 0.1) is 6.42 Å². The minimum absolute atomic E-state index is 0.0836. The second kappa shape index (κ2) is 6.39. The van der Waals surface area contributed by atoms with E-state index >= 15 is 0 Å². The van der Waals surface area contributed by atoms with Gasteiger partial charge in [0.2, 0.25) is 11.8 Å². The highest BCUT2D eigenvalue weighted by Crippen LogP contribution is 2.15. The topological polar surface area (TPSA) is 95.5 Å². The zero-order valence-corrected chi connectivity index (χ0v) is 9.90. The first kappa shape index (κ1) is 13.7. The van der Waals surface area contributed by atoms with Crippen molar-refractivity contribution in [3.8, 4) is 0 Å². The number of amides is 2. The molecule has 0 unspecified atom stereocenters. The van der Waals surface area contributed by atoms with Gasteiger partial charge < -0.3 is 15.7 Å². The van der Waals surface area contributed by atoms with Gasteiger partial charge in [-0.1, -0.05) is 6.07 Å². The van der Waals surface area contributed by atoms with E-state index in [0.29, 0.717) is 11.4 Å². The molecule has 0 spiro atoms. The highest BCUT2D eigenvalue weighted by Gasteiger charge is 2.06. The normalized spacial score (nSPS) is 9.61. The zero-order chi connectivity index (χ0) is 13.5. The quantitative estimate of drug-likeness (QED) is 0.737. The lowest BCUT2D eigenvalue weighted by atomic mass is 10.2. The number of benzene rings is 1. The predicted molar refractivity (Wildman–Crippen MR) is 66.2 cm³/mol. The SMILES string of the molecule is CC(=O)Nc1cccc(NC(=O)CCC(=O)O)c1. The van der Waals surface area contributed by atoms with Crippen LogP contribution in [0.5, 0.6) is 0 Å². The molecule has 6 heteroatoms. The van der Waals surface area contributed by atoms with E-state index in [0.717, 1.165) is 0 Å². The van der Waals surface area contributed by atoms with Crippen LogP contribution < -0.4 is 10.6 Å². The van der Waals surface area contributed by atoms with E-state index in [4.69, 9.17) is 5.11 Å². The second-order valence-corrected chi connectivity index (χ2v) is 3.70. The van der Waals surface area contributed by atoms with Crippen molar-refractivity contribution in [3.05, 3.63) is 24.3 Å². The molecule has 0 aromatic heterocycles. The molecule has 0 atom stereocenters. The molecule has 0 heterocycles. The summed E-state index contributed by atoms with van der Waals surface area (Å²) in [6.07, 6.45) is -0.295. The Bertz CT molecular complexity index is 471. The third kappa shape index (κ3) is 5.11. The molecule has 0 saturated heterocycles. The standard InChI is InChI=1S/C12H14N2O4/c1-8(15)13-9-3-2-4-10(7-9)14-11(16)5-6-12(17)18/h2-4,7H,5-6H2,1H3,(H,13,15)(H,14,16)(H,17,18). The highest BCUT2D eigenvalue weighted by molar-refractivity contribution is 5.94. The van der Waals surface area contributed by atoms with Gasteiger partial charge in [-0.15, -0.1) is 0 Å². The number of hydrogen-bond acceptors (Lipinski definition) is 3. The fraction of sp³-hybridized carbons (Fsp3) is 0.250. The molecule has 2 amide bonds. The Kier molecular flexibility index (Phi) is 4.86. The van der Waals surface area contributed by atoms with E-state index in [1.54, 1.807) is 24.3 Å². The van der Waals surface area contributed by atoms with E-state index in [1.807, 2.05) is 0 Å². The van der Waals surface area contributed by atoms with E-state index in [9.17, 15) is 14.4 Å². The van der Waals surface area contributed by atoms with E-state index < -0.39 is 5.97 Å². The van der Waals surface area contributed by atoms with Crippen LogP contribution in [-0.2, 0) is 14.4 Å². The number of carboxylic acid groups (broad SMARTS) is 1. The van der Waals surface area contributed by atoms with Gasteiger partial charge in [0.15, 0.2) is 0 Å². The minimum atomic E-state index is -1.02. The summed E-state index contributed by atoms with van der Waals surface area (Å²) >= 11 is 0. The van der Waals surface area contributed by atoms with Gasteiger partial charge in [-0.2, -0.15) is 0 Å².